The smallest absolute Gasteiger partial charge is 0.240 e. The highest BCUT2D eigenvalue weighted by Gasteiger charge is 2.24. The van der Waals surface area contributed by atoms with Gasteiger partial charge in [0.25, 0.3) is 0 Å². The second kappa shape index (κ2) is 11.4. The Kier molecular flexibility index (Phi) is 9.86. The maximum Gasteiger partial charge on any atom is 0.240 e. The third kappa shape index (κ3) is 7.13. The molecule has 7 heteroatoms. The summed E-state index contributed by atoms with van der Waals surface area (Å²) < 4.78 is 23.7. The molecular weight excluding hydrogens is 335 g/mol. The number of ether oxygens (including phenoxy) is 2. The van der Waals surface area contributed by atoms with Crippen LogP contribution in [0.5, 0.6) is 0 Å². The van der Waals surface area contributed by atoms with Crippen LogP contribution in [-0.2, 0) is 20.7 Å². The highest BCUT2D eigenvalue weighted by molar-refractivity contribution is 6.30. The molecule has 1 unspecified atom stereocenters. The van der Waals surface area contributed by atoms with Gasteiger partial charge in [0.1, 0.15) is 6.67 Å². The molecule has 136 valence electrons. The van der Waals surface area contributed by atoms with Crippen LogP contribution in [0.15, 0.2) is 24.3 Å². The lowest BCUT2D eigenvalue weighted by molar-refractivity contribution is -0.159. The second-order valence-electron chi connectivity index (χ2n) is 5.25. The number of rotatable bonds is 11. The molecule has 1 rings (SSSR count). The van der Waals surface area contributed by atoms with Crippen molar-refractivity contribution in [3.63, 3.8) is 0 Å². The van der Waals surface area contributed by atoms with Gasteiger partial charge in [-0.15, -0.1) is 0 Å². The van der Waals surface area contributed by atoms with E-state index in [-0.39, 0.29) is 19.0 Å². The first-order valence-corrected chi connectivity index (χ1v) is 8.47. The van der Waals surface area contributed by atoms with Crippen LogP contribution < -0.4 is 5.73 Å². The fourth-order valence-corrected chi connectivity index (χ4v) is 2.42. The van der Waals surface area contributed by atoms with E-state index in [9.17, 15) is 9.18 Å². The molecule has 0 heterocycles. The Morgan fingerprint density at radius 3 is 2.33 bits per heavy atom. The molecule has 1 aromatic carbocycles. The lowest BCUT2D eigenvalue weighted by Gasteiger charge is -2.28. The first kappa shape index (κ1) is 20.8. The van der Waals surface area contributed by atoms with Crippen molar-refractivity contribution in [1.82, 2.24) is 4.90 Å². The molecule has 0 saturated carbocycles. The van der Waals surface area contributed by atoms with Gasteiger partial charge >= 0.3 is 0 Å². The van der Waals surface area contributed by atoms with Gasteiger partial charge in [0.2, 0.25) is 5.91 Å². The molecule has 1 amide bonds. The number of nitrogens with zero attached hydrogens (tertiary/aromatic N) is 1. The summed E-state index contributed by atoms with van der Waals surface area (Å²) in [5, 5.41) is 0.619. The minimum absolute atomic E-state index is 0.0379. The Morgan fingerprint density at radius 1 is 1.25 bits per heavy atom. The van der Waals surface area contributed by atoms with Gasteiger partial charge in [-0.25, -0.2) is 4.39 Å². The Balaban J connectivity index is 2.70. The zero-order valence-electron chi connectivity index (χ0n) is 14.2. The topological polar surface area (TPSA) is 64.8 Å². The summed E-state index contributed by atoms with van der Waals surface area (Å²) in [6.07, 6.45) is -0.231. The van der Waals surface area contributed by atoms with Gasteiger partial charge in [-0.3, -0.25) is 4.79 Å². The van der Waals surface area contributed by atoms with Gasteiger partial charge in [0.15, 0.2) is 6.29 Å². The second-order valence-corrected chi connectivity index (χ2v) is 5.69. The molecule has 0 bridgehead atoms. The van der Waals surface area contributed by atoms with Gasteiger partial charge in [-0.05, 0) is 38.0 Å². The van der Waals surface area contributed by atoms with Crippen molar-refractivity contribution >= 4 is 17.5 Å². The van der Waals surface area contributed by atoms with E-state index in [4.69, 9.17) is 26.8 Å². The van der Waals surface area contributed by atoms with Gasteiger partial charge in [0, 0.05) is 24.8 Å². The third-order valence-corrected chi connectivity index (χ3v) is 3.68. The van der Waals surface area contributed by atoms with Crippen LogP contribution in [0, 0.1) is 0 Å². The van der Waals surface area contributed by atoms with Crippen molar-refractivity contribution in [2.24, 2.45) is 5.73 Å². The van der Waals surface area contributed by atoms with Crippen LogP contribution in [0.3, 0.4) is 0 Å². The first-order valence-electron chi connectivity index (χ1n) is 8.09. The summed E-state index contributed by atoms with van der Waals surface area (Å²) in [5.74, 6) is -0.327. The van der Waals surface area contributed by atoms with Crippen LogP contribution >= 0.6 is 11.6 Å². The SMILES string of the molecule is CCOC(CN(CCF)C(=O)C(N)Cc1ccc(Cl)cc1)OCC. The molecule has 1 aromatic rings. The van der Waals surface area contributed by atoms with Crippen molar-refractivity contribution in [2.75, 3.05) is 33.0 Å². The summed E-state index contributed by atoms with van der Waals surface area (Å²) in [4.78, 5) is 13.9. The molecule has 2 N–H and O–H groups in total. The molecule has 1 atom stereocenters. The molecule has 24 heavy (non-hydrogen) atoms. The monoisotopic (exact) mass is 360 g/mol. The highest BCUT2D eigenvalue weighted by atomic mass is 35.5. The van der Waals surface area contributed by atoms with Gasteiger partial charge in [-0.2, -0.15) is 0 Å². The molecule has 0 aliphatic heterocycles. The average molecular weight is 361 g/mol. The van der Waals surface area contributed by atoms with E-state index in [1.807, 2.05) is 26.0 Å². The number of alkyl halides is 1. The maximum atomic E-state index is 12.8. The van der Waals surface area contributed by atoms with Crippen LogP contribution in [0.2, 0.25) is 5.02 Å². The largest absolute Gasteiger partial charge is 0.351 e. The molecular formula is C17H26ClFN2O3. The number of halogens is 2. The van der Waals surface area contributed by atoms with E-state index in [2.05, 4.69) is 0 Å². The van der Waals surface area contributed by atoms with Crippen LogP contribution in [-0.4, -0.2) is 56.1 Å². The summed E-state index contributed by atoms with van der Waals surface area (Å²) in [5.41, 5.74) is 6.91. The first-order chi connectivity index (χ1) is 11.5. The van der Waals surface area contributed by atoms with Crippen molar-refractivity contribution < 1.29 is 18.7 Å². The Morgan fingerprint density at radius 2 is 1.83 bits per heavy atom. The number of carbonyl (C=O) groups is 1. The molecule has 0 aliphatic carbocycles. The van der Waals surface area contributed by atoms with Crippen molar-refractivity contribution in [2.45, 2.75) is 32.6 Å². The Labute approximate surface area is 147 Å². The van der Waals surface area contributed by atoms with Gasteiger partial charge in [-0.1, -0.05) is 23.7 Å². The lowest BCUT2D eigenvalue weighted by atomic mass is 10.1. The maximum absolute atomic E-state index is 12.8. The molecule has 0 aliphatic rings. The fourth-order valence-electron chi connectivity index (χ4n) is 2.29. The number of amides is 1. The van der Waals surface area contributed by atoms with Crippen LogP contribution in [0.4, 0.5) is 4.39 Å². The summed E-state index contributed by atoms with van der Waals surface area (Å²) in [6, 6.07) is 6.36. The van der Waals surface area contributed by atoms with Gasteiger partial charge < -0.3 is 20.1 Å². The molecule has 0 spiro atoms. The van der Waals surface area contributed by atoms with Gasteiger partial charge in [0.05, 0.1) is 12.6 Å². The predicted molar refractivity (Wildman–Crippen MR) is 92.7 cm³/mol. The van der Waals surface area contributed by atoms with E-state index in [0.717, 1.165) is 5.56 Å². The Hall–Kier alpha value is -1.21. The van der Waals surface area contributed by atoms with Crippen LogP contribution in [0.1, 0.15) is 19.4 Å². The fraction of sp³-hybridized carbons (Fsp3) is 0.588. The molecule has 5 nitrogen and oxygen atoms in total. The average Bonchev–Trinajstić information content (AvgIpc) is 2.56. The van der Waals surface area contributed by atoms with E-state index >= 15 is 0 Å². The van der Waals surface area contributed by atoms with E-state index in [1.165, 1.54) is 4.90 Å². The van der Waals surface area contributed by atoms with Crippen molar-refractivity contribution in [1.29, 1.82) is 0 Å². The number of carbonyl (C=O) groups excluding carboxylic acids is 1. The lowest BCUT2D eigenvalue weighted by Crippen LogP contribution is -2.49. The normalized spacial score (nSPS) is 12.4. The summed E-state index contributed by atoms with van der Waals surface area (Å²) in [6.45, 7) is 4.02. The Bertz CT molecular complexity index is 481. The zero-order valence-corrected chi connectivity index (χ0v) is 15.0. The van der Waals surface area contributed by atoms with Crippen molar-refractivity contribution in [3.05, 3.63) is 34.9 Å². The van der Waals surface area contributed by atoms with E-state index in [1.54, 1.807) is 12.1 Å². The third-order valence-electron chi connectivity index (χ3n) is 3.43. The minimum Gasteiger partial charge on any atom is -0.351 e. The summed E-state index contributed by atoms with van der Waals surface area (Å²) in [7, 11) is 0. The van der Waals surface area contributed by atoms with E-state index in [0.29, 0.717) is 24.7 Å². The zero-order chi connectivity index (χ0) is 17.9. The number of hydrogen-bond donors (Lipinski definition) is 1. The highest BCUT2D eigenvalue weighted by Crippen LogP contribution is 2.12. The number of benzene rings is 1. The van der Waals surface area contributed by atoms with Crippen LogP contribution in [0.25, 0.3) is 0 Å². The van der Waals surface area contributed by atoms with Crippen molar-refractivity contribution in [3.8, 4) is 0 Å². The minimum atomic E-state index is -0.762. The number of nitrogens with two attached hydrogens (primary N) is 1. The molecule has 0 saturated heterocycles. The molecule has 0 fully saturated rings. The number of hydrogen-bond acceptors (Lipinski definition) is 4. The standard InChI is InChI=1S/C17H26ClFN2O3/c1-3-23-16(24-4-2)12-21(10-9-19)17(22)15(20)11-13-5-7-14(18)8-6-13/h5-8,15-16H,3-4,9-12,20H2,1-2H3. The predicted octanol–water partition coefficient (Wildman–Crippen LogP) is 2.41. The molecule has 0 aromatic heterocycles. The van der Waals surface area contributed by atoms with E-state index < -0.39 is 19.0 Å². The molecule has 0 radical (unpaired) electrons. The quantitative estimate of drug-likeness (QED) is 0.615. The summed E-state index contributed by atoms with van der Waals surface area (Å²) >= 11 is 5.84.